The first-order valence-corrected chi connectivity index (χ1v) is 11.8. The quantitative estimate of drug-likeness (QED) is 0.204. The van der Waals surface area contributed by atoms with Crippen LogP contribution in [0.4, 0.5) is 0 Å². The predicted molar refractivity (Wildman–Crippen MR) is 131 cm³/mol. The number of hydrogen-bond donors (Lipinski definition) is 3. The molecule has 7 nitrogen and oxygen atoms in total. The number of phenolic OH excluding ortho intramolecular Hbond substituents is 1. The van der Waals surface area contributed by atoms with Crippen LogP contribution in [0.5, 0.6) is 5.75 Å². The molecule has 32 heavy (non-hydrogen) atoms. The van der Waals surface area contributed by atoms with Crippen LogP contribution < -0.4 is 5.43 Å². The van der Waals surface area contributed by atoms with Crippen LogP contribution in [0.1, 0.15) is 20.7 Å². The Balaban J connectivity index is 2.34. The molecule has 1 heterocycles. The molecular weight excluding hydrogens is 684 g/mol. The fourth-order valence-corrected chi connectivity index (χ4v) is 5.76. The van der Waals surface area contributed by atoms with Gasteiger partial charge in [0.15, 0.2) is 11.3 Å². The predicted octanol–water partition coefficient (Wildman–Crippen LogP) is 6.72. The van der Waals surface area contributed by atoms with Crippen molar-refractivity contribution in [1.29, 1.82) is 0 Å². The van der Waals surface area contributed by atoms with Gasteiger partial charge in [-0.25, -0.2) is 9.59 Å². The molecule has 2 aromatic rings. The highest BCUT2D eigenvalue weighted by Crippen LogP contribution is 2.49. The highest BCUT2D eigenvalue weighted by molar-refractivity contribution is 9.11. The second kappa shape index (κ2) is 8.29. The van der Waals surface area contributed by atoms with Crippen molar-refractivity contribution in [3.8, 4) is 28.2 Å². The Kier molecular flexibility index (Phi) is 5.95. The van der Waals surface area contributed by atoms with E-state index in [0.29, 0.717) is 16.5 Å². The Hall–Kier alpha value is -2.21. The number of carboxylic acid groups (broad SMARTS) is 2. The molecule has 162 valence electrons. The first kappa shape index (κ1) is 23.0. The zero-order valence-corrected chi connectivity index (χ0v) is 21.7. The normalized spacial score (nSPS) is 11.2. The molecule has 2 aliphatic rings. The summed E-state index contributed by atoms with van der Waals surface area (Å²) in [7, 11) is 0. The summed E-state index contributed by atoms with van der Waals surface area (Å²) >= 11 is 13.0. The van der Waals surface area contributed by atoms with Crippen LogP contribution in [0.3, 0.4) is 0 Å². The van der Waals surface area contributed by atoms with E-state index in [4.69, 9.17) is 4.42 Å². The van der Waals surface area contributed by atoms with E-state index in [2.05, 4.69) is 63.7 Å². The van der Waals surface area contributed by atoms with E-state index >= 15 is 0 Å². The summed E-state index contributed by atoms with van der Waals surface area (Å²) in [4.78, 5) is 36.2. The van der Waals surface area contributed by atoms with Gasteiger partial charge in [-0.1, -0.05) is 0 Å². The average Bonchev–Trinajstić information content (AvgIpc) is 2.74. The van der Waals surface area contributed by atoms with Crippen molar-refractivity contribution in [1.82, 2.24) is 0 Å². The molecule has 1 aliphatic heterocycles. The monoisotopic (exact) mass is 688 g/mol. The number of phenols is 1. The molecule has 0 radical (unpaired) electrons. The van der Waals surface area contributed by atoms with E-state index < -0.39 is 17.4 Å². The summed E-state index contributed by atoms with van der Waals surface area (Å²) < 4.78 is 6.68. The topological polar surface area (TPSA) is 125 Å². The molecule has 0 aromatic heterocycles. The minimum Gasteiger partial charge on any atom is -0.505 e. The van der Waals surface area contributed by atoms with Crippen LogP contribution >= 0.6 is 63.7 Å². The second-order valence-corrected chi connectivity index (χ2v) is 9.92. The Labute approximate surface area is 212 Å². The van der Waals surface area contributed by atoms with Crippen molar-refractivity contribution in [3.05, 3.63) is 69.6 Å². The van der Waals surface area contributed by atoms with Crippen molar-refractivity contribution in [2.24, 2.45) is 0 Å². The molecule has 4 rings (SSSR count). The average molecular weight is 692 g/mol. The molecule has 0 saturated carbocycles. The third-order valence-corrected chi connectivity index (χ3v) is 7.44. The standard InChI is InChI=1S/C21H8Br4O7/c22-11-4-9-13(8-3-6(20(28)29)1-2-7(8)21(30)31)10-5-12(23)17(27)15(25)19(10)32-18(9)14(24)16(11)26/h1-5,26H,(H,28,29)(H,30,31). The van der Waals surface area contributed by atoms with Gasteiger partial charge in [-0.15, -0.1) is 0 Å². The molecule has 11 heteroatoms. The van der Waals surface area contributed by atoms with Crippen LogP contribution in [0, 0.1) is 0 Å². The first-order valence-electron chi connectivity index (χ1n) is 8.59. The summed E-state index contributed by atoms with van der Waals surface area (Å²) in [5, 5.41) is 30.0. The number of aromatic carboxylic acids is 2. The minimum atomic E-state index is -1.27. The lowest BCUT2D eigenvalue weighted by Crippen LogP contribution is -2.08. The third kappa shape index (κ3) is 3.57. The lowest BCUT2D eigenvalue weighted by molar-refractivity contribution is 0.0682. The van der Waals surface area contributed by atoms with Gasteiger partial charge in [0.2, 0.25) is 5.43 Å². The fourth-order valence-electron chi connectivity index (χ4n) is 3.35. The maximum absolute atomic E-state index is 12.5. The third-order valence-electron chi connectivity index (χ3n) is 4.79. The van der Waals surface area contributed by atoms with Gasteiger partial charge in [-0.05, 0) is 99.6 Å². The van der Waals surface area contributed by atoms with E-state index in [-0.39, 0.29) is 51.7 Å². The molecule has 3 N–H and O–H groups in total. The summed E-state index contributed by atoms with van der Waals surface area (Å²) in [6.07, 6.45) is 0. The summed E-state index contributed by atoms with van der Waals surface area (Å²) in [6, 6.07) is 6.67. The summed E-state index contributed by atoms with van der Waals surface area (Å²) in [5.41, 5.74) is 0.222. The SMILES string of the molecule is O=C(O)c1ccc(C(=O)O)c(-c2c3cc(Br)c(=O)c(Br)c-3oc3c(Br)c(O)c(Br)cc23)c1. The Morgan fingerprint density at radius 2 is 1.53 bits per heavy atom. The van der Waals surface area contributed by atoms with Gasteiger partial charge in [-0.2, -0.15) is 0 Å². The number of halogens is 4. The number of aromatic hydroxyl groups is 1. The molecule has 0 spiro atoms. The van der Waals surface area contributed by atoms with Crippen LogP contribution in [-0.2, 0) is 0 Å². The number of rotatable bonds is 3. The second-order valence-electron chi connectivity index (χ2n) is 6.62. The number of carboxylic acids is 2. The van der Waals surface area contributed by atoms with Crippen LogP contribution in [0.25, 0.3) is 33.4 Å². The molecule has 0 bridgehead atoms. The van der Waals surface area contributed by atoms with E-state index in [1.54, 1.807) is 0 Å². The molecule has 0 atom stereocenters. The van der Waals surface area contributed by atoms with Crippen LogP contribution in [0.15, 0.2) is 57.4 Å². The molecule has 0 unspecified atom stereocenters. The number of fused-ring (bicyclic) bond motifs is 2. The Morgan fingerprint density at radius 3 is 2.16 bits per heavy atom. The molecule has 0 fully saturated rings. The number of carbonyl (C=O) groups is 2. The lowest BCUT2D eigenvalue weighted by atomic mass is 9.89. The largest absolute Gasteiger partial charge is 0.505 e. The van der Waals surface area contributed by atoms with Gasteiger partial charge >= 0.3 is 11.9 Å². The molecule has 1 aliphatic carbocycles. The Bertz CT molecular complexity index is 1510. The van der Waals surface area contributed by atoms with E-state index in [0.717, 1.165) is 0 Å². The van der Waals surface area contributed by atoms with E-state index in [9.17, 15) is 29.7 Å². The van der Waals surface area contributed by atoms with Gasteiger partial charge in [0.05, 0.1) is 20.1 Å². The van der Waals surface area contributed by atoms with Crippen molar-refractivity contribution >= 4 is 86.6 Å². The van der Waals surface area contributed by atoms with Crippen LogP contribution in [0.2, 0.25) is 0 Å². The molecule has 2 aromatic carbocycles. The minimum absolute atomic E-state index is 0.0746. The highest BCUT2D eigenvalue weighted by Gasteiger charge is 2.28. The van der Waals surface area contributed by atoms with Gasteiger partial charge in [-0.3, -0.25) is 4.79 Å². The summed E-state index contributed by atoms with van der Waals surface area (Å²) in [6.45, 7) is 0. The zero-order valence-electron chi connectivity index (χ0n) is 15.4. The van der Waals surface area contributed by atoms with Gasteiger partial charge in [0, 0.05) is 16.5 Å². The van der Waals surface area contributed by atoms with Gasteiger partial charge in [0.25, 0.3) is 0 Å². The number of hydrogen-bond acceptors (Lipinski definition) is 5. The van der Waals surface area contributed by atoms with Crippen molar-refractivity contribution < 1.29 is 29.3 Å². The van der Waals surface area contributed by atoms with E-state index in [1.165, 1.54) is 30.3 Å². The zero-order chi connectivity index (χ0) is 23.5. The maximum Gasteiger partial charge on any atom is 0.336 e. The lowest BCUT2D eigenvalue weighted by Gasteiger charge is -2.19. The Morgan fingerprint density at radius 1 is 0.844 bits per heavy atom. The summed E-state index contributed by atoms with van der Waals surface area (Å²) in [5.74, 6) is -2.57. The van der Waals surface area contributed by atoms with Gasteiger partial charge in [0.1, 0.15) is 14.7 Å². The molecular formula is C21H8Br4O7. The van der Waals surface area contributed by atoms with E-state index in [1.807, 2.05) is 0 Å². The van der Waals surface area contributed by atoms with Gasteiger partial charge < -0.3 is 19.7 Å². The van der Waals surface area contributed by atoms with Crippen molar-refractivity contribution in [2.45, 2.75) is 0 Å². The maximum atomic E-state index is 12.5. The van der Waals surface area contributed by atoms with Crippen molar-refractivity contribution in [2.75, 3.05) is 0 Å². The highest BCUT2D eigenvalue weighted by atomic mass is 79.9. The fraction of sp³-hybridized carbons (Fsp3) is 0. The molecule has 0 amide bonds. The smallest absolute Gasteiger partial charge is 0.336 e. The van der Waals surface area contributed by atoms with Crippen LogP contribution in [-0.4, -0.2) is 27.3 Å². The number of benzene rings is 3. The molecule has 0 saturated heterocycles. The first-order chi connectivity index (χ1) is 15.0. The van der Waals surface area contributed by atoms with Crippen molar-refractivity contribution in [3.63, 3.8) is 0 Å².